The Morgan fingerprint density at radius 3 is 2.35 bits per heavy atom. The number of nitrogens with one attached hydrogen (secondary N) is 3. The number of aromatic nitrogens is 3. The van der Waals surface area contributed by atoms with Crippen LogP contribution in [0.5, 0.6) is 0 Å². The number of nitrogens with zero attached hydrogens (tertiary/aromatic N) is 4. The van der Waals surface area contributed by atoms with E-state index in [9.17, 15) is 9.90 Å². The Balaban J connectivity index is 1.36. The molecule has 3 rings (SSSR count). The van der Waals surface area contributed by atoms with Crippen molar-refractivity contribution in [3.8, 4) is 0 Å². The van der Waals surface area contributed by atoms with Crippen LogP contribution < -0.4 is 20.9 Å². The van der Waals surface area contributed by atoms with Gasteiger partial charge in [-0.25, -0.2) is 0 Å². The third kappa shape index (κ3) is 10.1. The molecule has 1 aliphatic heterocycles. The first-order valence-electron chi connectivity index (χ1n) is 12.8. The summed E-state index contributed by atoms with van der Waals surface area (Å²) in [5, 5.41) is 18.9. The van der Waals surface area contributed by atoms with Crippen LogP contribution in [0.2, 0.25) is 0 Å². The fourth-order valence-corrected chi connectivity index (χ4v) is 3.49. The van der Waals surface area contributed by atoms with Crippen molar-refractivity contribution in [2.45, 2.75) is 19.9 Å². The van der Waals surface area contributed by atoms with Crippen LogP contribution >= 0.6 is 0 Å². The molecule has 0 aliphatic carbocycles. The summed E-state index contributed by atoms with van der Waals surface area (Å²) in [6.07, 6.45) is 0. The van der Waals surface area contributed by atoms with Crippen molar-refractivity contribution in [2.24, 2.45) is 5.92 Å². The lowest BCUT2D eigenvalue weighted by molar-refractivity contribution is 0.0519. The number of morpholine rings is 1. The SMILES string of the molecule is CC(C)[C@@H](CO)Nc1nc(NCCOCCOCCNC(=O)c2ccccc2)nc(N2CCOCC2)n1. The van der Waals surface area contributed by atoms with Gasteiger partial charge >= 0.3 is 0 Å². The van der Waals surface area contributed by atoms with Gasteiger partial charge in [0.05, 0.1) is 52.3 Å². The normalized spacial score (nSPS) is 14.4. The smallest absolute Gasteiger partial charge is 0.251 e. The number of hydrogen-bond acceptors (Lipinski definition) is 11. The Kier molecular flexibility index (Phi) is 12.3. The number of benzene rings is 1. The van der Waals surface area contributed by atoms with Crippen LogP contribution in [0.3, 0.4) is 0 Å². The van der Waals surface area contributed by atoms with Gasteiger partial charge in [0.2, 0.25) is 17.8 Å². The number of ether oxygens (including phenoxy) is 3. The van der Waals surface area contributed by atoms with E-state index in [1.165, 1.54) is 0 Å². The zero-order valence-corrected chi connectivity index (χ0v) is 21.7. The van der Waals surface area contributed by atoms with Crippen molar-refractivity contribution >= 4 is 23.8 Å². The van der Waals surface area contributed by atoms with Gasteiger partial charge < -0.3 is 40.2 Å². The number of carbonyl (C=O) groups is 1. The molecule has 1 saturated heterocycles. The van der Waals surface area contributed by atoms with E-state index in [1.54, 1.807) is 12.1 Å². The van der Waals surface area contributed by atoms with Crippen molar-refractivity contribution < 1.29 is 24.1 Å². The second kappa shape index (κ2) is 15.9. The average molecular weight is 518 g/mol. The summed E-state index contributed by atoms with van der Waals surface area (Å²) < 4.78 is 16.6. The summed E-state index contributed by atoms with van der Waals surface area (Å²) in [4.78, 5) is 27.6. The topological polar surface area (TPSA) is 143 Å². The van der Waals surface area contributed by atoms with Gasteiger partial charge in [-0.15, -0.1) is 0 Å². The van der Waals surface area contributed by atoms with Crippen LogP contribution in [0.15, 0.2) is 30.3 Å². The predicted octanol–water partition coefficient (Wildman–Crippen LogP) is 1.01. The highest BCUT2D eigenvalue weighted by Gasteiger charge is 2.19. The van der Waals surface area contributed by atoms with Crippen LogP contribution in [-0.4, -0.2) is 104 Å². The lowest BCUT2D eigenvalue weighted by Gasteiger charge is -2.27. The lowest BCUT2D eigenvalue weighted by atomic mass is 10.1. The molecule has 0 bridgehead atoms. The first-order chi connectivity index (χ1) is 18.1. The molecule has 0 radical (unpaired) electrons. The summed E-state index contributed by atoms with van der Waals surface area (Å²) in [5.41, 5.74) is 0.629. The van der Waals surface area contributed by atoms with Gasteiger partial charge in [0.15, 0.2) is 0 Å². The summed E-state index contributed by atoms with van der Waals surface area (Å²) >= 11 is 0. The Bertz CT molecular complexity index is 929. The quantitative estimate of drug-likeness (QED) is 0.237. The Morgan fingerprint density at radius 2 is 1.68 bits per heavy atom. The molecular weight excluding hydrogens is 478 g/mol. The van der Waals surface area contributed by atoms with E-state index in [-0.39, 0.29) is 24.5 Å². The highest BCUT2D eigenvalue weighted by Crippen LogP contribution is 2.17. The molecule has 1 aromatic carbocycles. The fourth-order valence-electron chi connectivity index (χ4n) is 3.49. The number of hydrogen-bond donors (Lipinski definition) is 4. The van der Waals surface area contributed by atoms with Crippen molar-refractivity contribution in [1.82, 2.24) is 20.3 Å². The molecule has 0 spiro atoms. The number of carbonyl (C=O) groups excluding carboxylic acids is 1. The second-order valence-electron chi connectivity index (χ2n) is 8.83. The molecule has 1 atom stereocenters. The summed E-state index contributed by atoms with van der Waals surface area (Å²) in [6.45, 7) is 9.35. The zero-order chi connectivity index (χ0) is 26.3. The largest absolute Gasteiger partial charge is 0.394 e. The number of amides is 1. The van der Waals surface area contributed by atoms with Crippen molar-refractivity contribution in [3.05, 3.63) is 35.9 Å². The van der Waals surface area contributed by atoms with E-state index in [0.29, 0.717) is 89.2 Å². The third-order valence-corrected chi connectivity index (χ3v) is 5.70. The standard InChI is InChI=1S/C25H39N7O5/c1-19(2)21(18-33)28-24-29-23(30-25(31-24)32-10-14-37-15-11-32)27-9-13-36-17-16-35-12-8-26-22(34)20-6-4-3-5-7-20/h3-7,19,21,33H,8-18H2,1-2H3,(H,26,34)(H2,27,28,29,30,31)/t21-/m1/s1. The molecule has 12 heteroatoms. The van der Waals surface area contributed by atoms with Crippen molar-refractivity contribution in [2.75, 3.05) is 88.0 Å². The molecule has 0 saturated carbocycles. The lowest BCUT2D eigenvalue weighted by Crippen LogP contribution is -2.38. The van der Waals surface area contributed by atoms with E-state index in [1.807, 2.05) is 32.0 Å². The van der Waals surface area contributed by atoms with Gasteiger partial charge in [0.1, 0.15) is 0 Å². The molecule has 4 N–H and O–H groups in total. The van der Waals surface area contributed by atoms with E-state index < -0.39 is 0 Å². The maximum Gasteiger partial charge on any atom is 0.251 e. The molecule has 1 aliphatic rings. The number of anilines is 3. The van der Waals surface area contributed by atoms with Crippen LogP contribution in [0.4, 0.5) is 17.8 Å². The number of aliphatic hydroxyl groups excluding tert-OH is 1. The van der Waals surface area contributed by atoms with Gasteiger partial charge in [-0.1, -0.05) is 32.0 Å². The maximum atomic E-state index is 12.0. The van der Waals surface area contributed by atoms with E-state index in [4.69, 9.17) is 14.2 Å². The maximum absolute atomic E-state index is 12.0. The number of rotatable bonds is 16. The first-order valence-corrected chi connectivity index (χ1v) is 12.8. The zero-order valence-electron chi connectivity index (χ0n) is 21.7. The summed E-state index contributed by atoms with van der Waals surface area (Å²) in [5.74, 6) is 1.52. The molecule has 2 aromatic rings. The molecule has 37 heavy (non-hydrogen) atoms. The molecule has 204 valence electrons. The van der Waals surface area contributed by atoms with Crippen LogP contribution in [0, 0.1) is 5.92 Å². The predicted molar refractivity (Wildman–Crippen MR) is 141 cm³/mol. The molecule has 1 fully saturated rings. The van der Waals surface area contributed by atoms with Gasteiger partial charge in [-0.05, 0) is 18.1 Å². The van der Waals surface area contributed by atoms with Crippen LogP contribution in [0.1, 0.15) is 24.2 Å². The molecular formula is C25H39N7O5. The molecule has 1 amide bonds. The Morgan fingerprint density at radius 1 is 1.00 bits per heavy atom. The van der Waals surface area contributed by atoms with Crippen molar-refractivity contribution in [1.29, 1.82) is 0 Å². The molecule has 2 heterocycles. The highest BCUT2D eigenvalue weighted by atomic mass is 16.5. The van der Waals surface area contributed by atoms with E-state index in [0.717, 1.165) is 0 Å². The van der Waals surface area contributed by atoms with Gasteiger partial charge in [-0.2, -0.15) is 15.0 Å². The summed E-state index contributed by atoms with van der Waals surface area (Å²) in [6, 6.07) is 8.91. The first kappa shape index (κ1) is 28.5. The fraction of sp³-hybridized carbons (Fsp3) is 0.600. The summed E-state index contributed by atoms with van der Waals surface area (Å²) in [7, 11) is 0. The number of aliphatic hydroxyl groups is 1. The second-order valence-corrected chi connectivity index (χ2v) is 8.83. The third-order valence-electron chi connectivity index (χ3n) is 5.70. The van der Waals surface area contributed by atoms with Crippen LogP contribution in [0.25, 0.3) is 0 Å². The highest BCUT2D eigenvalue weighted by molar-refractivity contribution is 5.94. The Labute approximate surface area is 218 Å². The minimum absolute atomic E-state index is 0.0195. The molecule has 1 aromatic heterocycles. The average Bonchev–Trinajstić information content (AvgIpc) is 2.93. The van der Waals surface area contributed by atoms with Gasteiger partial charge in [0.25, 0.3) is 5.91 Å². The monoisotopic (exact) mass is 517 g/mol. The molecule has 12 nitrogen and oxygen atoms in total. The van der Waals surface area contributed by atoms with E-state index >= 15 is 0 Å². The van der Waals surface area contributed by atoms with Gasteiger partial charge in [-0.3, -0.25) is 4.79 Å². The van der Waals surface area contributed by atoms with E-state index in [2.05, 4.69) is 35.8 Å². The minimum atomic E-state index is -0.164. The van der Waals surface area contributed by atoms with Crippen molar-refractivity contribution in [3.63, 3.8) is 0 Å². The van der Waals surface area contributed by atoms with Crippen LogP contribution in [-0.2, 0) is 14.2 Å². The molecule has 0 unspecified atom stereocenters. The minimum Gasteiger partial charge on any atom is -0.394 e. The van der Waals surface area contributed by atoms with Gasteiger partial charge in [0, 0.05) is 31.7 Å². The Hall–Kier alpha value is -3.06.